The third-order valence-electron chi connectivity index (χ3n) is 4.57. The SMILES string of the molecule is CCOc1cc(/C=N\NC(=O)c2nnn(-c3nonc3N)c2-c2ccc(C)cc2)ccc1O. The van der Waals surface area contributed by atoms with Crippen molar-refractivity contribution in [2.45, 2.75) is 13.8 Å². The van der Waals surface area contributed by atoms with Gasteiger partial charge in [0.2, 0.25) is 11.6 Å². The van der Waals surface area contributed by atoms with Crippen LogP contribution < -0.4 is 15.9 Å². The van der Waals surface area contributed by atoms with E-state index in [4.69, 9.17) is 10.5 Å². The Morgan fingerprint density at radius 1 is 1.27 bits per heavy atom. The molecule has 0 aliphatic rings. The van der Waals surface area contributed by atoms with E-state index in [1.807, 2.05) is 38.1 Å². The van der Waals surface area contributed by atoms with E-state index >= 15 is 0 Å². The Kier molecular flexibility index (Phi) is 5.98. The number of aryl methyl sites for hydroxylation is 1. The monoisotopic (exact) mass is 448 g/mol. The number of hydrogen-bond donors (Lipinski definition) is 3. The summed E-state index contributed by atoms with van der Waals surface area (Å²) in [7, 11) is 0. The number of nitrogen functional groups attached to an aromatic ring is 1. The van der Waals surface area contributed by atoms with Gasteiger partial charge in [-0.05, 0) is 47.9 Å². The van der Waals surface area contributed by atoms with Crippen LogP contribution in [-0.2, 0) is 0 Å². The molecule has 0 atom stereocenters. The number of anilines is 1. The number of nitrogens with zero attached hydrogens (tertiary/aromatic N) is 6. The van der Waals surface area contributed by atoms with Gasteiger partial charge in [0.25, 0.3) is 5.91 Å². The van der Waals surface area contributed by atoms with Crippen molar-refractivity contribution in [1.29, 1.82) is 0 Å². The maximum Gasteiger partial charge on any atom is 0.294 e. The van der Waals surface area contributed by atoms with E-state index in [-0.39, 0.29) is 23.1 Å². The maximum absolute atomic E-state index is 12.9. The van der Waals surface area contributed by atoms with E-state index < -0.39 is 5.91 Å². The molecule has 12 heteroatoms. The zero-order valence-electron chi connectivity index (χ0n) is 17.8. The molecule has 2 aromatic heterocycles. The molecule has 33 heavy (non-hydrogen) atoms. The minimum atomic E-state index is -0.605. The summed E-state index contributed by atoms with van der Waals surface area (Å²) in [6.45, 7) is 4.15. The molecule has 0 radical (unpaired) electrons. The molecule has 168 valence electrons. The van der Waals surface area contributed by atoms with Crippen LogP contribution >= 0.6 is 0 Å². The highest BCUT2D eigenvalue weighted by Crippen LogP contribution is 2.27. The van der Waals surface area contributed by atoms with Crippen LogP contribution in [0.2, 0.25) is 0 Å². The zero-order chi connectivity index (χ0) is 23.4. The van der Waals surface area contributed by atoms with Crippen LogP contribution in [0.3, 0.4) is 0 Å². The highest BCUT2D eigenvalue weighted by molar-refractivity contribution is 5.98. The number of aromatic nitrogens is 5. The fraction of sp³-hybridized carbons (Fsp3) is 0.143. The molecule has 4 rings (SSSR count). The van der Waals surface area contributed by atoms with Gasteiger partial charge in [-0.3, -0.25) is 4.79 Å². The zero-order valence-corrected chi connectivity index (χ0v) is 17.8. The van der Waals surface area contributed by atoms with Crippen molar-refractivity contribution in [2.24, 2.45) is 5.10 Å². The standard InChI is InChI=1S/C21H20N8O4/c1-3-32-16-10-13(6-9-15(16)30)11-23-25-21(31)17-18(14-7-4-12(2)5-8-14)29(28-24-17)20-19(22)26-33-27-20/h4-11,30H,3H2,1-2H3,(H2,22,26)(H,25,31)/b23-11-. The highest BCUT2D eigenvalue weighted by Gasteiger charge is 2.25. The van der Waals surface area contributed by atoms with Crippen molar-refractivity contribution in [3.05, 3.63) is 59.3 Å². The van der Waals surface area contributed by atoms with Gasteiger partial charge < -0.3 is 15.6 Å². The number of ether oxygens (including phenoxy) is 1. The molecular weight excluding hydrogens is 428 g/mol. The van der Waals surface area contributed by atoms with Gasteiger partial charge in [0.1, 0.15) is 5.69 Å². The first-order valence-electron chi connectivity index (χ1n) is 9.88. The average molecular weight is 448 g/mol. The summed E-state index contributed by atoms with van der Waals surface area (Å²) in [5.74, 6) is -0.175. The van der Waals surface area contributed by atoms with Gasteiger partial charge in [0.05, 0.1) is 12.8 Å². The largest absolute Gasteiger partial charge is 0.504 e. The maximum atomic E-state index is 12.9. The van der Waals surface area contributed by atoms with Gasteiger partial charge >= 0.3 is 0 Å². The quantitative estimate of drug-likeness (QED) is 0.283. The van der Waals surface area contributed by atoms with Crippen LogP contribution in [0, 0.1) is 6.92 Å². The summed E-state index contributed by atoms with van der Waals surface area (Å²) < 4.78 is 11.3. The van der Waals surface area contributed by atoms with Crippen molar-refractivity contribution < 1.29 is 19.3 Å². The van der Waals surface area contributed by atoms with Gasteiger partial charge in [-0.25, -0.2) is 10.1 Å². The summed E-state index contributed by atoms with van der Waals surface area (Å²) in [6.07, 6.45) is 1.41. The molecule has 4 N–H and O–H groups in total. The Morgan fingerprint density at radius 3 is 2.76 bits per heavy atom. The number of phenolic OH excluding ortho intramolecular Hbond substituents is 1. The lowest BCUT2D eigenvalue weighted by molar-refractivity contribution is 0.0950. The number of hydrogen-bond acceptors (Lipinski definition) is 10. The second-order valence-corrected chi connectivity index (χ2v) is 6.90. The first kappa shape index (κ1) is 21.5. The van der Waals surface area contributed by atoms with Crippen LogP contribution in [0.4, 0.5) is 5.82 Å². The third kappa shape index (κ3) is 4.49. The highest BCUT2D eigenvalue weighted by atomic mass is 16.6. The predicted octanol–water partition coefficient (Wildman–Crippen LogP) is 2.08. The number of hydrazone groups is 1. The molecule has 0 spiro atoms. The Morgan fingerprint density at radius 2 is 2.06 bits per heavy atom. The van der Waals surface area contributed by atoms with Crippen molar-refractivity contribution in [2.75, 3.05) is 12.3 Å². The van der Waals surface area contributed by atoms with Crippen molar-refractivity contribution in [3.8, 4) is 28.6 Å². The van der Waals surface area contributed by atoms with Crippen LogP contribution in [-0.4, -0.2) is 49.1 Å². The van der Waals surface area contributed by atoms with E-state index in [0.717, 1.165) is 5.56 Å². The molecule has 0 bridgehead atoms. The predicted molar refractivity (Wildman–Crippen MR) is 118 cm³/mol. The summed E-state index contributed by atoms with van der Waals surface area (Å²) in [5.41, 5.74) is 10.9. The number of carbonyl (C=O) groups is 1. The second kappa shape index (κ2) is 9.18. The van der Waals surface area contributed by atoms with Gasteiger partial charge in [-0.15, -0.1) is 5.10 Å². The fourth-order valence-electron chi connectivity index (χ4n) is 2.99. The first-order valence-corrected chi connectivity index (χ1v) is 9.88. The molecule has 0 fully saturated rings. The van der Waals surface area contributed by atoms with Crippen LogP contribution in [0.25, 0.3) is 17.1 Å². The molecule has 0 aliphatic carbocycles. The number of amides is 1. The number of nitrogens with one attached hydrogen (secondary N) is 1. The normalized spacial score (nSPS) is 11.1. The number of rotatable bonds is 7. The van der Waals surface area contributed by atoms with E-state index in [1.54, 1.807) is 12.1 Å². The molecule has 2 heterocycles. The fourth-order valence-corrected chi connectivity index (χ4v) is 2.99. The Hall–Kier alpha value is -4.74. The summed E-state index contributed by atoms with van der Waals surface area (Å²) in [5, 5.41) is 29.1. The number of phenols is 1. The summed E-state index contributed by atoms with van der Waals surface area (Å²) in [4.78, 5) is 12.9. The molecule has 1 amide bonds. The second-order valence-electron chi connectivity index (χ2n) is 6.90. The Balaban J connectivity index is 1.63. The molecule has 0 unspecified atom stereocenters. The Bertz CT molecular complexity index is 1310. The van der Waals surface area contributed by atoms with Crippen molar-refractivity contribution in [1.82, 2.24) is 30.7 Å². The van der Waals surface area contributed by atoms with Gasteiger partial charge in [0.15, 0.2) is 17.2 Å². The smallest absolute Gasteiger partial charge is 0.294 e. The average Bonchev–Trinajstić information content (AvgIpc) is 3.42. The van der Waals surface area contributed by atoms with E-state index in [9.17, 15) is 9.90 Å². The minimum Gasteiger partial charge on any atom is -0.504 e. The van der Waals surface area contributed by atoms with Crippen molar-refractivity contribution in [3.63, 3.8) is 0 Å². The number of carbonyl (C=O) groups excluding carboxylic acids is 1. The summed E-state index contributed by atoms with van der Waals surface area (Å²) >= 11 is 0. The van der Waals surface area contributed by atoms with Crippen molar-refractivity contribution >= 4 is 17.9 Å². The molecular formula is C21H20N8O4. The minimum absolute atomic E-state index is 0.000820. The van der Waals surface area contributed by atoms with E-state index in [1.165, 1.54) is 17.0 Å². The van der Waals surface area contributed by atoms with Gasteiger partial charge in [-0.1, -0.05) is 35.0 Å². The molecule has 12 nitrogen and oxygen atoms in total. The number of nitrogens with two attached hydrogens (primary N) is 1. The number of aromatic hydroxyl groups is 1. The third-order valence-corrected chi connectivity index (χ3v) is 4.57. The molecule has 4 aromatic rings. The van der Waals surface area contributed by atoms with Crippen LogP contribution in [0.5, 0.6) is 11.5 Å². The lowest BCUT2D eigenvalue weighted by Gasteiger charge is -2.07. The number of benzene rings is 2. The lowest BCUT2D eigenvalue weighted by Crippen LogP contribution is -2.19. The van der Waals surface area contributed by atoms with Crippen LogP contribution in [0.15, 0.2) is 52.2 Å². The molecule has 2 aromatic carbocycles. The van der Waals surface area contributed by atoms with Gasteiger partial charge in [0, 0.05) is 5.56 Å². The Labute approximate surface area is 187 Å². The lowest BCUT2D eigenvalue weighted by atomic mass is 10.1. The summed E-state index contributed by atoms with van der Waals surface area (Å²) in [6, 6.07) is 12.1. The molecule has 0 saturated heterocycles. The molecule has 0 aliphatic heterocycles. The topological polar surface area (TPSA) is 167 Å². The van der Waals surface area contributed by atoms with Gasteiger partial charge in [-0.2, -0.15) is 9.78 Å². The first-order chi connectivity index (χ1) is 16.0. The van der Waals surface area contributed by atoms with E-state index in [0.29, 0.717) is 29.2 Å². The van der Waals surface area contributed by atoms with E-state index in [2.05, 4.69) is 35.8 Å². The molecule has 0 saturated carbocycles. The van der Waals surface area contributed by atoms with Crippen LogP contribution in [0.1, 0.15) is 28.5 Å².